The Morgan fingerprint density at radius 3 is 0.902 bits per heavy atom. The topological polar surface area (TPSA) is 25.3 Å². The Kier molecular flexibility index (Phi) is 21.5. The first-order chi connectivity index (χ1) is 25.0. The maximum absolute atomic E-state index is 12.7. The van der Waals surface area contributed by atoms with Crippen molar-refractivity contribution in [1.82, 2.24) is 0 Å². The van der Waals surface area contributed by atoms with Crippen molar-refractivity contribution >= 4 is 11.4 Å². The molecule has 0 spiro atoms. The average molecular weight is 695 g/mol. The summed E-state index contributed by atoms with van der Waals surface area (Å²) in [6.45, 7) is 13.8. The van der Waals surface area contributed by atoms with Gasteiger partial charge in [0.1, 0.15) is 0 Å². The number of benzene rings is 2. The highest BCUT2D eigenvalue weighted by molar-refractivity contribution is 5.82. The molecule has 0 saturated carbocycles. The van der Waals surface area contributed by atoms with E-state index >= 15 is 0 Å². The van der Waals surface area contributed by atoms with Crippen LogP contribution < -0.4 is 0 Å². The van der Waals surface area contributed by atoms with Gasteiger partial charge in [0, 0.05) is 22.3 Å². The fraction of sp³-hybridized carbons (Fsp3) is 0.673. The molecule has 284 valence electrons. The molecule has 2 nitrogen and oxygen atoms in total. The Balaban J connectivity index is 2.17. The van der Waals surface area contributed by atoms with Gasteiger partial charge in [-0.1, -0.05) is 150 Å². The highest BCUT2D eigenvalue weighted by Crippen LogP contribution is 2.45. The Morgan fingerprint density at radius 2 is 0.608 bits per heavy atom. The second-order valence-electron chi connectivity index (χ2n) is 15.8. The van der Waals surface area contributed by atoms with E-state index in [0.717, 1.165) is 49.9 Å². The Bertz CT molecular complexity index is 1310. The average Bonchev–Trinajstić information content (AvgIpc) is 3.42. The summed E-state index contributed by atoms with van der Waals surface area (Å²) in [6.07, 6.45) is 33.1. The largest absolute Gasteiger partial charge is 0.493 e. The molecule has 2 aromatic carbocycles. The number of allylic oxidation sites excluding steroid dienone is 2. The summed E-state index contributed by atoms with van der Waals surface area (Å²) < 4.78 is 1.69. The standard InChI is InChI=1S/C49H78N2/c1-7-13-19-21-23-25-27-33-47-46(32-26-24-22-20-14-8-2)48(44-36-40(28-15-9-3)34-41(37-44)29-16-10-4)51(50)49(47)45-38-42(30-17-11-5)35-43(39-45)31-18-12-6/h34-39H,7-33H2,1-6H3. The monoisotopic (exact) mass is 695 g/mol. The maximum Gasteiger partial charge on any atom is 0.211 e. The number of unbranched alkanes of at least 4 members (excludes halogenated alkanes) is 15. The van der Waals surface area contributed by atoms with E-state index in [1.54, 1.807) is 4.70 Å². The minimum atomic E-state index is 1.05. The Hall–Kier alpha value is -2.48. The van der Waals surface area contributed by atoms with Crippen LogP contribution in [0.5, 0.6) is 0 Å². The van der Waals surface area contributed by atoms with E-state index in [9.17, 15) is 5.53 Å². The Morgan fingerprint density at radius 1 is 0.333 bits per heavy atom. The van der Waals surface area contributed by atoms with Crippen LogP contribution in [0, 0.1) is 0 Å². The van der Waals surface area contributed by atoms with Crippen molar-refractivity contribution in [2.75, 3.05) is 0 Å². The zero-order valence-electron chi connectivity index (χ0n) is 34.5. The highest BCUT2D eigenvalue weighted by atomic mass is 15.2. The van der Waals surface area contributed by atoms with Crippen molar-refractivity contribution in [3.05, 3.63) is 86.5 Å². The third-order valence-electron chi connectivity index (χ3n) is 11.1. The zero-order valence-corrected chi connectivity index (χ0v) is 34.5. The molecule has 0 N–H and O–H groups in total. The lowest BCUT2D eigenvalue weighted by atomic mass is 9.89. The highest BCUT2D eigenvalue weighted by Gasteiger charge is 2.35. The molecular formula is C49H78N2. The van der Waals surface area contributed by atoms with Gasteiger partial charge in [-0.3, -0.25) is 0 Å². The van der Waals surface area contributed by atoms with Crippen molar-refractivity contribution in [3.63, 3.8) is 0 Å². The zero-order chi connectivity index (χ0) is 36.7. The summed E-state index contributed by atoms with van der Waals surface area (Å²) in [5, 5.41) is 0. The summed E-state index contributed by atoms with van der Waals surface area (Å²) in [5.41, 5.74) is 25.9. The molecule has 0 amide bonds. The second-order valence-corrected chi connectivity index (χ2v) is 15.8. The van der Waals surface area contributed by atoms with Gasteiger partial charge in [0.15, 0.2) is 0 Å². The molecule has 1 aliphatic rings. The molecule has 3 rings (SSSR count). The van der Waals surface area contributed by atoms with Crippen molar-refractivity contribution in [2.45, 2.75) is 215 Å². The lowest BCUT2D eigenvalue weighted by Gasteiger charge is -2.14. The normalized spacial score (nSPS) is 13.3. The molecule has 1 heterocycles. The molecule has 2 aromatic rings. The minimum Gasteiger partial charge on any atom is -0.493 e. The van der Waals surface area contributed by atoms with Gasteiger partial charge < -0.3 is 5.53 Å². The fourth-order valence-corrected chi connectivity index (χ4v) is 8.03. The third-order valence-corrected chi connectivity index (χ3v) is 11.1. The van der Waals surface area contributed by atoms with E-state index in [0.29, 0.717) is 0 Å². The Labute approximate surface area is 316 Å². The number of hydrogen-bond donors (Lipinski definition) is 0. The first-order valence-corrected chi connectivity index (χ1v) is 22.2. The van der Waals surface area contributed by atoms with Gasteiger partial charge in [0.25, 0.3) is 0 Å². The molecule has 0 unspecified atom stereocenters. The second kappa shape index (κ2) is 25.5. The molecule has 0 atom stereocenters. The summed E-state index contributed by atoms with van der Waals surface area (Å²) in [6, 6.07) is 14.7. The molecule has 2 heteroatoms. The van der Waals surface area contributed by atoms with Gasteiger partial charge in [0.2, 0.25) is 11.4 Å². The van der Waals surface area contributed by atoms with E-state index < -0.39 is 0 Å². The lowest BCUT2D eigenvalue weighted by molar-refractivity contribution is -0.345. The van der Waals surface area contributed by atoms with Gasteiger partial charge in [-0.25, -0.2) is 4.70 Å². The molecule has 51 heavy (non-hydrogen) atoms. The molecule has 0 aliphatic carbocycles. The molecule has 1 aliphatic heterocycles. The van der Waals surface area contributed by atoms with E-state index in [2.05, 4.69) is 77.9 Å². The molecular weight excluding hydrogens is 617 g/mol. The van der Waals surface area contributed by atoms with Gasteiger partial charge in [-0.05, 0) is 124 Å². The number of rotatable bonds is 29. The molecule has 0 fully saturated rings. The molecule has 0 radical (unpaired) electrons. The van der Waals surface area contributed by atoms with Crippen molar-refractivity contribution in [1.29, 1.82) is 0 Å². The molecule has 0 bridgehead atoms. The van der Waals surface area contributed by atoms with Crippen molar-refractivity contribution in [3.8, 4) is 0 Å². The fourth-order valence-electron chi connectivity index (χ4n) is 8.03. The minimum absolute atomic E-state index is 1.05. The SMILES string of the molecule is CCCCCCCCCC1=C(c2cc(CCCC)cc(CCCC)c2)[N+](=[N-])C(c2cc(CCCC)cc(CCCC)c2)=C1CCCCCCCC. The summed E-state index contributed by atoms with van der Waals surface area (Å²) in [7, 11) is 0. The van der Waals surface area contributed by atoms with E-state index in [1.165, 1.54) is 179 Å². The number of nitrogens with zero attached hydrogens (tertiary/aromatic N) is 2. The smallest absolute Gasteiger partial charge is 0.211 e. The van der Waals surface area contributed by atoms with E-state index in [4.69, 9.17) is 0 Å². The van der Waals surface area contributed by atoms with Crippen LogP contribution in [-0.2, 0) is 25.7 Å². The van der Waals surface area contributed by atoms with E-state index in [-0.39, 0.29) is 0 Å². The summed E-state index contributed by atoms with van der Waals surface area (Å²) >= 11 is 0. The summed E-state index contributed by atoms with van der Waals surface area (Å²) in [5.74, 6) is 0. The molecule has 0 saturated heterocycles. The van der Waals surface area contributed by atoms with Gasteiger partial charge >= 0.3 is 0 Å². The first-order valence-electron chi connectivity index (χ1n) is 22.2. The van der Waals surface area contributed by atoms with Crippen LogP contribution in [0.3, 0.4) is 0 Å². The van der Waals surface area contributed by atoms with Gasteiger partial charge in [-0.2, -0.15) is 0 Å². The van der Waals surface area contributed by atoms with Crippen LogP contribution in [-0.4, -0.2) is 4.70 Å². The maximum atomic E-state index is 12.7. The van der Waals surface area contributed by atoms with Crippen LogP contribution in [0.1, 0.15) is 223 Å². The quantitative estimate of drug-likeness (QED) is 0.0598. The van der Waals surface area contributed by atoms with Crippen LogP contribution in [0.4, 0.5) is 0 Å². The lowest BCUT2D eigenvalue weighted by Crippen LogP contribution is -2.05. The number of aryl methyl sites for hydroxylation is 4. The van der Waals surface area contributed by atoms with Crippen LogP contribution in [0.25, 0.3) is 16.9 Å². The third kappa shape index (κ3) is 14.5. The first kappa shape index (κ1) is 42.9. The number of hydrogen-bond acceptors (Lipinski definition) is 0. The summed E-state index contributed by atoms with van der Waals surface area (Å²) in [4.78, 5) is 0. The van der Waals surface area contributed by atoms with Crippen LogP contribution in [0.15, 0.2) is 47.5 Å². The van der Waals surface area contributed by atoms with Crippen LogP contribution >= 0.6 is 0 Å². The van der Waals surface area contributed by atoms with Crippen molar-refractivity contribution in [2.24, 2.45) is 0 Å². The van der Waals surface area contributed by atoms with Gasteiger partial charge in [0.05, 0.1) is 0 Å². The van der Waals surface area contributed by atoms with E-state index in [1.807, 2.05) is 0 Å². The van der Waals surface area contributed by atoms with Crippen molar-refractivity contribution < 1.29 is 4.70 Å². The van der Waals surface area contributed by atoms with Crippen LogP contribution in [0.2, 0.25) is 0 Å². The predicted octanol–water partition coefficient (Wildman–Crippen LogP) is 16.1. The van der Waals surface area contributed by atoms with Gasteiger partial charge in [-0.15, -0.1) is 0 Å². The molecule has 0 aromatic heterocycles. The predicted molar refractivity (Wildman–Crippen MR) is 225 cm³/mol.